The first-order valence-corrected chi connectivity index (χ1v) is 13.7. The van der Waals surface area contributed by atoms with E-state index in [-0.39, 0.29) is 23.7 Å². The van der Waals surface area contributed by atoms with Crippen molar-refractivity contribution in [1.29, 1.82) is 0 Å². The van der Waals surface area contributed by atoms with Crippen LogP contribution >= 0.6 is 0 Å². The second-order valence-electron chi connectivity index (χ2n) is 11.1. The summed E-state index contributed by atoms with van der Waals surface area (Å²) in [5.74, 6) is 0.619. The zero-order chi connectivity index (χ0) is 27.1. The Morgan fingerprint density at radius 2 is 2.05 bits per heavy atom. The number of morpholine rings is 1. The van der Waals surface area contributed by atoms with Crippen LogP contribution in [0.3, 0.4) is 0 Å². The molecule has 3 aliphatic heterocycles. The Labute approximate surface area is 227 Å². The fraction of sp³-hybridized carbons (Fsp3) is 0.517. The van der Waals surface area contributed by atoms with Crippen molar-refractivity contribution in [3.8, 4) is 0 Å². The summed E-state index contributed by atoms with van der Waals surface area (Å²) in [4.78, 5) is 38.0. The van der Waals surface area contributed by atoms with E-state index < -0.39 is 5.41 Å². The Morgan fingerprint density at radius 3 is 2.85 bits per heavy atom. The molecule has 0 aliphatic carbocycles. The molecule has 0 saturated carbocycles. The molecule has 2 fully saturated rings. The maximum atomic E-state index is 13.8. The summed E-state index contributed by atoms with van der Waals surface area (Å²) in [6, 6.07) is 7.84. The maximum Gasteiger partial charge on any atom is 0.261 e. The fourth-order valence-electron chi connectivity index (χ4n) is 5.77. The zero-order valence-electron chi connectivity index (χ0n) is 22.7. The topological polar surface area (TPSA) is 108 Å². The molecule has 2 atom stereocenters. The van der Waals surface area contributed by atoms with Crippen molar-refractivity contribution in [2.45, 2.75) is 57.3 Å². The van der Waals surface area contributed by atoms with E-state index in [2.05, 4.69) is 15.2 Å². The summed E-state index contributed by atoms with van der Waals surface area (Å²) in [7, 11) is 1.68. The molecular formula is C29H35N5O5. The van der Waals surface area contributed by atoms with Crippen LogP contribution in [0, 0.1) is 0 Å². The number of aryl methyl sites for hydroxylation is 1. The smallest absolute Gasteiger partial charge is 0.261 e. The second-order valence-corrected chi connectivity index (χ2v) is 11.1. The number of methoxy groups -OCH3 is 1. The largest absolute Gasteiger partial charge is 0.382 e. The van der Waals surface area contributed by atoms with Gasteiger partial charge in [-0.15, -0.1) is 0 Å². The molecular weight excluding hydrogens is 498 g/mol. The minimum Gasteiger partial charge on any atom is -0.382 e. The summed E-state index contributed by atoms with van der Waals surface area (Å²) in [6.07, 6.45) is 3.96. The Hall–Kier alpha value is -3.34. The van der Waals surface area contributed by atoms with E-state index >= 15 is 0 Å². The van der Waals surface area contributed by atoms with Gasteiger partial charge in [-0.2, -0.15) is 0 Å². The number of amides is 1. The molecule has 2 saturated heterocycles. The fourth-order valence-corrected chi connectivity index (χ4v) is 5.77. The van der Waals surface area contributed by atoms with Gasteiger partial charge >= 0.3 is 0 Å². The Kier molecular flexibility index (Phi) is 6.86. The molecule has 1 amide bonds. The van der Waals surface area contributed by atoms with Gasteiger partial charge in [0.15, 0.2) is 0 Å². The number of hydrogen-bond donors (Lipinski definition) is 1. The molecule has 5 heterocycles. The van der Waals surface area contributed by atoms with Gasteiger partial charge in [0.05, 0.1) is 47.0 Å². The van der Waals surface area contributed by atoms with Crippen molar-refractivity contribution in [1.82, 2.24) is 14.5 Å². The van der Waals surface area contributed by atoms with Gasteiger partial charge in [0, 0.05) is 45.2 Å². The molecule has 6 rings (SSSR count). The van der Waals surface area contributed by atoms with E-state index in [4.69, 9.17) is 19.2 Å². The van der Waals surface area contributed by atoms with Gasteiger partial charge in [0.1, 0.15) is 11.9 Å². The monoisotopic (exact) mass is 533 g/mol. The second kappa shape index (κ2) is 10.3. The highest BCUT2D eigenvalue weighted by atomic mass is 16.5. The average Bonchev–Trinajstić information content (AvgIpc) is 3.54. The lowest BCUT2D eigenvalue weighted by molar-refractivity contribution is -0.119. The molecule has 39 heavy (non-hydrogen) atoms. The van der Waals surface area contributed by atoms with Crippen LogP contribution in [0.4, 0.5) is 11.4 Å². The number of anilines is 2. The van der Waals surface area contributed by atoms with Crippen LogP contribution in [0.2, 0.25) is 0 Å². The Bertz CT molecular complexity index is 1460. The lowest BCUT2D eigenvalue weighted by atomic mass is 9.90. The van der Waals surface area contributed by atoms with E-state index in [1.807, 2.05) is 38.1 Å². The number of fused-ring (bicyclic) bond motifs is 2. The summed E-state index contributed by atoms with van der Waals surface area (Å²) in [5, 5.41) is 3.53. The molecule has 10 heteroatoms. The molecule has 1 aromatic carbocycles. The number of benzene rings is 1. The van der Waals surface area contributed by atoms with Crippen LogP contribution < -0.4 is 15.8 Å². The van der Waals surface area contributed by atoms with Crippen molar-refractivity contribution >= 4 is 28.2 Å². The molecule has 3 aromatic rings. The van der Waals surface area contributed by atoms with Crippen molar-refractivity contribution in [3.05, 3.63) is 57.9 Å². The van der Waals surface area contributed by atoms with E-state index in [1.165, 1.54) is 0 Å². The van der Waals surface area contributed by atoms with Crippen molar-refractivity contribution in [3.63, 3.8) is 0 Å². The number of aromatic nitrogens is 3. The lowest BCUT2D eigenvalue weighted by Gasteiger charge is -2.34. The van der Waals surface area contributed by atoms with Gasteiger partial charge in [-0.1, -0.05) is 0 Å². The van der Waals surface area contributed by atoms with Crippen molar-refractivity contribution in [2.75, 3.05) is 50.2 Å². The van der Waals surface area contributed by atoms with Gasteiger partial charge in [-0.3, -0.25) is 19.1 Å². The average molecular weight is 534 g/mol. The minimum atomic E-state index is -0.648. The third kappa shape index (κ3) is 4.81. The summed E-state index contributed by atoms with van der Waals surface area (Å²) < 4.78 is 18.8. The highest BCUT2D eigenvalue weighted by molar-refractivity contribution is 6.04. The SMILES string of the molecule is COC[C@H]1CN(c2ccc3c(=O)n(CCc4cnc5c(c4)NC(=O)C5(C)C)c([C@@H]4CCCO4)nc3c2)CCO1. The van der Waals surface area contributed by atoms with Crippen LogP contribution in [0.15, 0.2) is 35.3 Å². The Morgan fingerprint density at radius 1 is 1.18 bits per heavy atom. The standard InChI is InChI=1S/C29H35N5O5/c1-29(2)25-23(32-28(29)36)13-18(15-30-25)8-9-34-26(24-5-4-11-39-24)31-22-14-19(6-7-21(22)27(34)35)33-10-12-38-20(16-33)17-37-3/h6-7,13-15,20,24H,4-5,8-12,16-17H2,1-3H3,(H,32,36)/t20-,24+/m1/s1. The van der Waals surface area contributed by atoms with Gasteiger partial charge < -0.3 is 24.4 Å². The van der Waals surface area contributed by atoms with Gasteiger partial charge in [0.25, 0.3) is 5.56 Å². The van der Waals surface area contributed by atoms with Crippen molar-refractivity contribution in [2.24, 2.45) is 0 Å². The molecule has 2 aromatic heterocycles. The first-order valence-electron chi connectivity index (χ1n) is 13.7. The summed E-state index contributed by atoms with van der Waals surface area (Å²) in [5.41, 5.74) is 3.43. The maximum absolute atomic E-state index is 13.8. The molecule has 0 radical (unpaired) electrons. The molecule has 0 bridgehead atoms. The molecule has 0 spiro atoms. The summed E-state index contributed by atoms with van der Waals surface area (Å²) >= 11 is 0. The van der Waals surface area contributed by atoms with E-state index in [1.54, 1.807) is 17.9 Å². The first kappa shape index (κ1) is 25.9. The predicted molar refractivity (Wildman–Crippen MR) is 147 cm³/mol. The van der Waals surface area contributed by atoms with E-state index in [0.717, 1.165) is 48.6 Å². The Balaban J connectivity index is 1.31. The minimum absolute atomic E-state index is 0.0101. The highest BCUT2D eigenvalue weighted by Gasteiger charge is 2.39. The van der Waals surface area contributed by atoms with Gasteiger partial charge in [-0.05, 0) is 62.9 Å². The van der Waals surface area contributed by atoms with Crippen LogP contribution in [0.25, 0.3) is 10.9 Å². The van der Waals surface area contributed by atoms with Crippen molar-refractivity contribution < 1.29 is 19.0 Å². The number of carbonyl (C=O) groups excluding carboxylic acids is 1. The third-order valence-electron chi connectivity index (χ3n) is 8.02. The van der Waals surface area contributed by atoms with Crippen LogP contribution in [-0.2, 0) is 37.4 Å². The number of nitrogens with one attached hydrogen (secondary N) is 1. The predicted octanol–water partition coefficient (Wildman–Crippen LogP) is 2.97. The lowest BCUT2D eigenvalue weighted by Crippen LogP contribution is -2.44. The zero-order valence-corrected chi connectivity index (χ0v) is 22.7. The van der Waals surface area contributed by atoms with E-state index in [9.17, 15) is 9.59 Å². The van der Waals surface area contributed by atoms with E-state index in [0.29, 0.717) is 49.5 Å². The number of pyridine rings is 1. The van der Waals surface area contributed by atoms with Gasteiger partial charge in [0.2, 0.25) is 5.91 Å². The third-order valence-corrected chi connectivity index (χ3v) is 8.02. The van der Waals surface area contributed by atoms with Gasteiger partial charge in [-0.25, -0.2) is 4.98 Å². The normalized spacial score (nSPS) is 22.3. The highest BCUT2D eigenvalue weighted by Crippen LogP contribution is 2.36. The number of rotatable bonds is 7. The number of carbonyl (C=O) groups is 1. The molecule has 1 N–H and O–H groups in total. The van der Waals surface area contributed by atoms with Crippen LogP contribution in [-0.4, -0.2) is 66.6 Å². The number of nitrogens with zero attached hydrogens (tertiary/aromatic N) is 4. The molecule has 0 unspecified atom stereocenters. The number of ether oxygens (including phenoxy) is 3. The summed E-state index contributed by atoms with van der Waals surface area (Å²) in [6.45, 7) is 7.52. The van der Waals surface area contributed by atoms with Crippen LogP contribution in [0.1, 0.15) is 49.9 Å². The molecule has 10 nitrogen and oxygen atoms in total. The first-order chi connectivity index (χ1) is 18.8. The molecule has 3 aliphatic rings. The number of hydrogen-bond acceptors (Lipinski definition) is 8. The van der Waals surface area contributed by atoms with Crippen LogP contribution in [0.5, 0.6) is 0 Å². The molecule has 206 valence electrons. The quantitative estimate of drug-likeness (QED) is 0.494.